The number of nitrogens with zero attached hydrogens (tertiary/aromatic N) is 1. The van der Waals surface area contributed by atoms with Crippen LogP contribution in [0.2, 0.25) is 0 Å². The van der Waals surface area contributed by atoms with E-state index in [-0.39, 0.29) is 18.5 Å². The van der Waals surface area contributed by atoms with Gasteiger partial charge in [-0.3, -0.25) is 14.5 Å². The molecule has 108 valence electrons. The molecule has 0 saturated carbocycles. The van der Waals surface area contributed by atoms with Crippen LogP contribution in [-0.2, 0) is 0 Å². The Morgan fingerprint density at radius 1 is 0.909 bits per heavy atom. The summed E-state index contributed by atoms with van der Waals surface area (Å²) in [4.78, 5) is 26.4. The molecule has 2 amide bonds. The van der Waals surface area contributed by atoms with Gasteiger partial charge in [0.05, 0.1) is 12.2 Å². The average molecular weight is 290 g/mol. The van der Waals surface area contributed by atoms with E-state index >= 15 is 0 Å². The third-order valence-corrected chi connectivity index (χ3v) is 4.44. The van der Waals surface area contributed by atoms with Gasteiger partial charge in [0, 0.05) is 10.9 Å². The van der Waals surface area contributed by atoms with Gasteiger partial charge in [0.2, 0.25) is 0 Å². The van der Waals surface area contributed by atoms with Crippen LogP contribution in [0.15, 0.2) is 42.5 Å². The van der Waals surface area contributed by atoms with E-state index in [4.69, 9.17) is 5.73 Å². The summed E-state index contributed by atoms with van der Waals surface area (Å²) in [7, 11) is 0. The van der Waals surface area contributed by atoms with Gasteiger partial charge < -0.3 is 5.73 Å². The van der Waals surface area contributed by atoms with Crippen molar-refractivity contribution in [3.63, 3.8) is 0 Å². The molecule has 0 bridgehead atoms. The number of imide groups is 1. The molecule has 0 aliphatic carbocycles. The lowest BCUT2D eigenvalue weighted by atomic mass is 9.87. The van der Waals surface area contributed by atoms with E-state index in [1.54, 1.807) is 6.07 Å². The van der Waals surface area contributed by atoms with Gasteiger partial charge in [-0.2, -0.15) is 0 Å². The number of aryl methyl sites for hydroxylation is 1. The fourth-order valence-electron chi connectivity index (χ4n) is 3.38. The third kappa shape index (κ3) is 1.45. The highest BCUT2D eigenvalue weighted by molar-refractivity contribution is 6.31. The van der Waals surface area contributed by atoms with E-state index in [1.165, 1.54) is 0 Å². The molecule has 2 N–H and O–H groups in total. The van der Waals surface area contributed by atoms with Gasteiger partial charge in [-0.25, -0.2) is 0 Å². The highest BCUT2D eigenvalue weighted by Crippen LogP contribution is 2.37. The van der Waals surface area contributed by atoms with Crippen LogP contribution in [0.25, 0.3) is 21.5 Å². The van der Waals surface area contributed by atoms with E-state index in [0.29, 0.717) is 11.1 Å². The van der Waals surface area contributed by atoms with Crippen LogP contribution in [0.1, 0.15) is 26.3 Å². The fourth-order valence-corrected chi connectivity index (χ4v) is 3.38. The Bertz CT molecular complexity index is 976. The van der Waals surface area contributed by atoms with Crippen LogP contribution in [0.5, 0.6) is 0 Å². The van der Waals surface area contributed by atoms with Gasteiger partial charge in [-0.1, -0.05) is 36.4 Å². The van der Waals surface area contributed by atoms with Crippen LogP contribution in [0.3, 0.4) is 0 Å². The maximum atomic E-state index is 12.8. The molecule has 0 unspecified atom stereocenters. The van der Waals surface area contributed by atoms with Crippen molar-refractivity contribution in [1.29, 1.82) is 0 Å². The fraction of sp³-hybridized carbons (Fsp3) is 0.111. The van der Waals surface area contributed by atoms with Gasteiger partial charge >= 0.3 is 0 Å². The lowest BCUT2D eigenvalue weighted by Crippen LogP contribution is -2.43. The number of fused-ring (bicyclic) bond motifs is 2. The van der Waals surface area contributed by atoms with Crippen LogP contribution >= 0.6 is 0 Å². The normalized spacial score (nSPS) is 14.2. The molecule has 4 rings (SSSR count). The van der Waals surface area contributed by atoms with Crippen molar-refractivity contribution in [1.82, 2.24) is 4.90 Å². The molecule has 1 heterocycles. The second-order valence-electron chi connectivity index (χ2n) is 5.49. The van der Waals surface area contributed by atoms with Gasteiger partial charge in [0.1, 0.15) is 0 Å². The molecule has 3 aromatic rings. The molecule has 4 nitrogen and oxygen atoms in total. The first-order chi connectivity index (χ1) is 10.6. The molecule has 0 saturated heterocycles. The van der Waals surface area contributed by atoms with Crippen LogP contribution in [-0.4, -0.2) is 23.4 Å². The number of rotatable bonds is 1. The Kier molecular flexibility index (Phi) is 2.59. The molecule has 0 fully saturated rings. The SMILES string of the molecule is Cc1c2ccccc2c2c3c(cccc13)C(=O)N(CN)C2=O. The smallest absolute Gasteiger partial charge is 0.263 e. The summed E-state index contributed by atoms with van der Waals surface area (Å²) in [5.41, 5.74) is 7.84. The van der Waals surface area contributed by atoms with Gasteiger partial charge in [0.25, 0.3) is 11.8 Å². The van der Waals surface area contributed by atoms with Crippen LogP contribution < -0.4 is 5.73 Å². The van der Waals surface area contributed by atoms with E-state index in [2.05, 4.69) is 0 Å². The van der Waals surface area contributed by atoms with Gasteiger partial charge in [0.15, 0.2) is 0 Å². The highest BCUT2D eigenvalue weighted by atomic mass is 16.2. The summed E-state index contributed by atoms with van der Waals surface area (Å²) in [6.07, 6.45) is 0. The molecule has 0 atom stereocenters. The Morgan fingerprint density at radius 2 is 1.59 bits per heavy atom. The van der Waals surface area contributed by atoms with Crippen molar-refractivity contribution in [3.05, 3.63) is 59.2 Å². The summed E-state index contributed by atoms with van der Waals surface area (Å²) in [6, 6.07) is 13.4. The Balaban J connectivity index is 2.31. The standard InChI is InChI=1S/C18H14N2O2/c1-10-11-5-2-3-6-13(11)16-15-12(10)7-4-8-14(15)17(21)20(9-19)18(16)22/h2-8H,9,19H2,1H3. The molecule has 1 aliphatic heterocycles. The molecule has 1 aliphatic rings. The van der Waals surface area contributed by atoms with Crippen molar-refractivity contribution in [2.75, 3.05) is 6.67 Å². The molecule has 0 radical (unpaired) electrons. The molecular formula is C18H14N2O2. The second kappa shape index (κ2) is 4.39. The minimum atomic E-state index is -0.319. The largest absolute Gasteiger partial charge is 0.313 e. The predicted octanol–water partition coefficient (Wildman–Crippen LogP) is 2.81. The number of carbonyl (C=O) groups excluding carboxylic acids is 2. The summed E-state index contributed by atoms with van der Waals surface area (Å²) in [5.74, 6) is -0.632. The zero-order valence-corrected chi connectivity index (χ0v) is 12.1. The summed E-state index contributed by atoms with van der Waals surface area (Å²) in [6.45, 7) is 1.91. The van der Waals surface area contributed by atoms with Crippen LogP contribution in [0.4, 0.5) is 0 Å². The van der Waals surface area contributed by atoms with Crippen molar-refractivity contribution >= 4 is 33.4 Å². The van der Waals surface area contributed by atoms with E-state index in [0.717, 1.165) is 32.0 Å². The maximum Gasteiger partial charge on any atom is 0.263 e. The zero-order chi connectivity index (χ0) is 15.4. The summed E-state index contributed by atoms with van der Waals surface area (Å²) in [5, 5.41) is 3.60. The first-order valence-electron chi connectivity index (χ1n) is 7.15. The molecule has 3 aromatic carbocycles. The quantitative estimate of drug-likeness (QED) is 0.553. The van der Waals surface area contributed by atoms with E-state index < -0.39 is 0 Å². The molecule has 0 spiro atoms. The van der Waals surface area contributed by atoms with E-state index in [9.17, 15) is 9.59 Å². The molecular weight excluding hydrogens is 276 g/mol. The number of hydrogen-bond acceptors (Lipinski definition) is 3. The number of benzene rings is 3. The number of carbonyl (C=O) groups is 2. The molecule has 4 heteroatoms. The van der Waals surface area contributed by atoms with Gasteiger partial charge in [-0.15, -0.1) is 0 Å². The highest BCUT2D eigenvalue weighted by Gasteiger charge is 2.33. The molecule has 0 aromatic heterocycles. The summed E-state index contributed by atoms with van der Waals surface area (Å²) < 4.78 is 0. The van der Waals surface area contributed by atoms with Crippen LogP contribution in [0, 0.1) is 6.92 Å². The first kappa shape index (κ1) is 13.0. The lowest BCUT2D eigenvalue weighted by Gasteiger charge is -2.27. The Hall–Kier alpha value is -2.72. The Labute approximate surface area is 127 Å². The minimum Gasteiger partial charge on any atom is -0.313 e. The number of amides is 2. The number of hydrogen-bond donors (Lipinski definition) is 1. The monoisotopic (exact) mass is 290 g/mol. The maximum absolute atomic E-state index is 12.8. The first-order valence-corrected chi connectivity index (χ1v) is 7.15. The summed E-state index contributed by atoms with van der Waals surface area (Å²) >= 11 is 0. The topological polar surface area (TPSA) is 63.4 Å². The number of nitrogens with two attached hydrogens (primary N) is 1. The van der Waals surface area contributed by atoms with Crippen molar-refractivity contribution in [3.8, 4) is 0 Å². The Morgan fingerprint density at radius 3 is 2.32 bits per heavy atom. The van der Waals surface area contributed by atoms with Gasteiger partial charge in [-0.05, 0) is 34.7 Å². The van der Waals surface area contributed by atoms with Crippen molar-refractivity contribution in [2.24, 2.45) is 5.73 Å². The third-order valence-electron chi connectivity index (χ3n) is 4.44. The lowest BCUT2D eigenvalue weighted by molar-refractivity contribution is 0.0616. The predicted molar refractivity (Wildman–Crippen MR) is 85.7 cm³/mol. The van der Waals surface area contributed by atoms with Crippen molar-refractivity contribution < 1.29 is 9.59 Å². The van der Waals surface area contributed by atoms with E-state index in [1.807, 2.05) is 43.3 Å². The zero-order valence-electron chi connectivity index (χ0n) is 12.1. The second-order valence-corrected chi connectivity index (χ2v) is 5.49. The minimum absolute atomic E-state index is 0.115. The molecule has 22 heavy (non-hydrogen) atoms. The van der Waals surface area contributed by atoms with Crippen molar-refractivity contribution in [2.45, 2.75) is 6.92 Å². The average Bonchev–Trinajstić information content (AvgIpc) is 2.54.